The van der Waals surface area contributed by atoms with Gasteiger partial charge in [-0.3, -0.25) is 24.0 Å². The summed E-state index contributed by atoms with van der Waals surface area (Å²) in [7, 11) is 1.51. The van der Waals surface area contributed by atoms with Crippen LogP contribution in [0.15, 0.2) is 60.7 Å². The summed E-state index contributed by atoms with van der Waals surface area (Å²) in [5, 5.41) is 14.9. The van der Waals surface area contributed by atoms with Gasteiger partial charge < -0.3 is 25.0 Å². The highest BCUT2D eigenvalue weighted by Crippen LogP contribution is 2.38. The van der Waals surface area contributed by atoms with Crippen molar-refractivity contribution in [2.45, 2.75) is 151 Å². The molecule has 0 radical (unpaired) electrons. The number of aryl methyl sites for hydroxylation is 3. The zero-order valence-corrected chi connectivity index (χ0v) is 43.7. The maximum absolute atomic E-state index is 15.2. The zero-order valence-electron chi connectivity index (χ0n) is 43.7. The maximum atomic E-state index is 15.2. The molecule has 3 amide bonds. The average molecular weight is 969 g/mol. The highest BCUT2D eigenvalue weighted by atomic mass is 16.6. The second-order valence-corrected chi connectivity index (χ2v) is 20.9. The lowest BCUT2D eigenvalue weighted by atomic mass is 9.86. The van der Waals surface area contributed by atoms with Crippen molar-refractivity contribution in [3.63, 3.8) is 0 Å². The molecule has 0 spiro atoms. The first-order valence-corrected chi connectivity index (χ1v) is 24.7. The third-order valence-electron chi connectivity index (χ3n) is 12.8. The summed E-state index contributed by atoms with van der Waals surface area (Å²) in [6, 6.07) is 19.0. The number of carbonyl (C=O) groups excluding carboxylic acids is 6. The van der Waals surface area contributed by atoms with Crippen LogP contribution in [0.1, 0.15) is 150 Å². The van der Waals surface area contributed by atoms with Crippen LogP contribution in [0.4, 0.5) is 4.79 Å². The number of alkyl carbamates (subject to hydrolysis) is 1. The zero-order chi connectivity index (χ0) is 52.4. The number of nitrogens with zero attached hydrogens (tertiary/aromatic N) is 4. The van der Waals surface area contributed by atoms with Crippen LogP contribution in [-0.4, -0.2) is 82.0 Å². The van der Waals surface area contributed by atoms with E-state index < -0.39 is 53.2 Å². The Morgan fingerprint density at radius 3 is 2.21 bits per heavy atom. The lowest BCUT2D eigenvalue weighted by Crippen LogP contribution is -2.46. The van der Waals surface area contributed by atoms with Crippen LogP contribution >= 0.6 is 0 Å². The summed E-state index contributed by atoms with van der Waals surface area (Å²) >= 11 is 0. The van der Waals surface area contributed by atoms with Gasteiger partial charge in [-0.15, -0.1) is 0 Å². The van der Waals surface area contributed by atoms with Crippen molar-refractivity contribution in [2.24, 2.45) is 11.8 Å². The number of amides is 3. The number of rotatable bonds is 16. The number of aromatic nitrogens is 2. The van der Waals surface area contributed by atoms with Gasteiger partial charge in [0.25, 0.3) is 0 Å². The molecule has 1 aliphatic heterocycles. The molecule has 0 saturated heterocycles. The Bertz CT molecular complexity index is 2630. The SMILES string of the molecule is CCCCOc1ccc2cc1-c1cc(ccc1C)C[C@@H](C(=O)CCC#N)NC(=O)[C@H](C)CC(=O)[C@H]2N(C)C(=O)[C@H](CCNC(=O)OC(C)(C)C)CC(=O)c1c(C)nc(-c2ccc(C(C)(C)C)cc2)nc1C. The van der Waals surface area contributed by atoms with E-state index in [9.17, 15) is 29.2 Å². The molecule has 4 bridgehead atoms. The predicted octanol–water partition coefficient (Wildman–Crippen LogP) is 10.0. The molecule has 71 heavy (non-hydrogen) atoms. The number of unbranched alkanes of at least 4 members (excludes halogenated alkanes) is 1. The van der Waals surface area contributed by atoms with Crippen LogP contribution in [0, 0.1) is 43.9 Å². The number of nitrogens with one attached hydrogen (secondary N) is 2. The third kappa shape index (κ3) is 14.7. The summed E-state index contributed by atoms with van der Waals surface area (Å²) in [4.78, 5) is 95.8. The van der Waals surface area contributed by atoms with Crippen molar-refractivity contribution in [3.05, 3.63) is 99.9 Å². The van der Waals surface area contributed by atoms with Gasteiger partial charge in [-0.1, -0.05) is 89.6 Å². The van der Waals surface area contributed by atoms with E-state index in [4.69, 9.17) is 19.4 Å². The molecular weight excluding hydrogens is 897 g/mol. The Labute approximate surface area is 419 Å². The molecule has 14 nitrogen and oxygen atoms in total. The van der Waals surface area contributed by atoms with Crippen molar-refractivity contribution in [2.75, 3.05) is 20.2 Å². The van der Waals surface area contributed by atoms with Gasteiger partial charge in [0, 0.05) is 62.2 Å². The number of ketones is 3. The van der Waals surface area contributed by atoms with Gasteiger partial charge in [-0.25, -0.2) is 14.8 Å². The van der Waals surface area contributed by atoms with Crippen LogP contribution in [-0.2, 0) is 35.8 Å². The second-order valence-electron chi connectivity index (χ2n) is 20.9. The van der Waals surface area contributed by atoms with E-state index >= 15 is 4.79 Å². The van der Waals surface area contributed by atoms with Gasteiger partial charge >= 0.3 is 6.09 Å². The Morgan fingerprint density at radius 1 is 0.915 bits per heavy atom. The van der Waals surface area contributed by atoms with Crippen molar-refractivity contribution in [1.29, 1.82) is 5.26 Å². The smallest absolute Gasteiger partial charge is 0.407 e. The van der Waals surface area contributed by atoms with E-state index in [0.29, 0.717) is 40.7 Å². The van der Waals surface area contributed by atoms with Gasteiger partial charge in [0.15, 0.2) is 23.2 Å². The molecule has 5 rings (SSSR count). The molecule has 4 atom stereocenters. The Morgan fingerprint density at radius 2 is 1.59 bits per heavy atom. The van der Waals surface area contributed by atoms with Gasteiger partial charge in [0.2, 0.25) is 11.8 Å². The Kier molecular flexibility index (Phi) is 18.6. The molecule has 0 fully saturated rings. The fourth-order valence-electron chi connectivity index (χ4n) is 8.83. The quantitative estimate of drug-likeness (QED) is 0.0800. The van der Waals surface area contributed by atoms with E-state index in [1.54, 1.807) is 53.7 Å². The largest absolute Gasteiger partial charge is 0.493 e. The fraction of sp³-hybridized carbons (Fsp3) is 0.491. The number of fused-ring (bicyclic) bond motifs is 5. The minimum absolute atomic E-state index is 0.00764. The number of nitriles is 1. The standard InChI is InChI=1S/C57H72N6O8/c1-13-14-28-70-49-24-21-40-32-44(49)43-30-38(18-17-34(43)2)31-45(46(64)16-15-26-58)62-53(67)35(3)29-48(66)51(40)63(12)54(68)41(25-27-59-55(69)71-57(9,10)11)33-47(65)50-36(4)60-52(61-37(50)5)39-19-22-42(23-20-39)56(6,7)8/h17-24,30,32,35,41,45,51H,13-16,25,27-29,31,33H2,1-12H3,(H,59,69)(H,62,67)/t35-,41-,45+,51+/m1/s1. The van der Waals surface area contributed by atoms with Crippen molar-refractivity contribution in [1.82, 2.24) is 25.5 Å². The summed E-state index contributed by atoms with van der Waals surface area (Å²) < 4.78 is 11.8. The van der Waals surface area contributed by atoms with Crippen LogP contribution < -0.4 is 15.4 Å². The number of ether oxygens (including phenoxy) is 2. The van der Waals surface area contributed by atoms with Crippen molar-refractivity contribution >= 4 is 35.3 Å². The minimum Gasteiger partial charge on any atom is -0.493 e. The molecule has 378 valence electrons. The molecule has 3 aromatic carbocycles. The highest BCUT2D eigenvalue weighted by Gasteiger charge is 2.37. The van der Waals surface area contributed by atoms with E-state index in [2.05, 4.69) is 38.3 Å². The molecule has 2 heterocycles. The molecule has 0 unspecified atom stereocenters. The topological polar surface area (TPSA) is 198 Å². The Balaban J connectivity index is 1.59. The average Bonchev–Trinajstić information content (AvgIpc) is 3.29. The fourth-order valence-corrected chi connectivity index (χ4v) is 8.83. The van der Waals surface area contributed by atoms with Crippen LogP contribution in [0.2, 0.25) is 0 Å². The monoisotopic (exact) mass is 969 g/mol. The number of Topliss-reactive ketones (excluding diaryl/α,β-unsaturated/α-hetero) is 3. The molecule has 0 saturated carbocycles. The maximum Gasteiger partial charge on any atom is 0.407 e. The summed E-state index contributed by atoms with van der Waals surface area (Å²) in [6.07, 6.45) is 0.516. The van der Waals surface area contributed by atoms with E-state index in [-0.39, 0.29) is 67.6 Å². The number of hydrogen-bond acceptors (Lipinski definition) is 11. The lowest BCUT2D eigenvalue weighted by molar-refractivity contribution is -0.142. The molecule has 14 heteroatoms. The van der Waals surface area contributed by atoms with Gasteiger partial charge in [-0.05, 0) is 106 Å². The van der Waals surface area contributed by atoms with Crippen molar-refractivity contribution in [3.8, 4) is 34.3 Å². The highest BCUT2D eigenvalue weighted by molar-refractivity contribution is 6.01. The molecular formula is C57H72N6O8. The first kappa shape index (κ1) is 55.2. The van der Waals surface area contributed by atoms with Crippen LogP contribution in [0.25, 0.3) is 22.5 Å². The third-order valence-corrected chi connectivity index (χ3v) is 12.8. The summed E-state index contributed by atoms with van der Waals surface area (Å²) in [5.74, 6) is -3.15. The summed E-state index contributed by atoms with van der Waals surface area (Å²) in [5.41, 5.74) is 5.84. The van der Waals surface area contributed by atoms with Gasteiger partial charge in [0.1, 0.15) is 17.4 Å². The number of likely N-dealkylation sites (N-methyl/N-ethyl adjacent to an activating group) is 1. The van der Waals surface area contributed by atoms with Gasteiger partial charge in [0.05, 0.1) is 35.7 Å². The predicted molar refractivity (Wildman–Crippen MR) is 274 cm³/mol. The van der Waals surface area contributed by atoms with Crippen LogP contribution in [0.3, 0.4) is 0 Å². The van der Waals surface area contributed by atoms with E-state index in [0.717, 1.165) is 40.7 Å². The normalized spacial score (nSPS) is 16.7. The first-order valence-electron chi connectivity index (χ1n) is 24.7. The van der Waals surface area contributed by atoms with E-state index in [1.165, 1.54) is 11.9 Å². The van der Waals surface area contributed by atoms with Crippen LogP contribution in [0.5, 0.6) is 5.75 Å². The number of carbonyl (C=O) groups is 6. The first-order chi connectivity index (χ1) is 33.4. The summed E-state index contributed by atoms with van der Waals surface area (Å²) in [6.45, 7) is 21.1. The van der Waals surface area contributed by atoms with Gasteiger partial charge in [-0.2, -0.15) is 5.26 Å². The molecule has 0 aliphatic carbocycles. The lowest BCUT2D eigenvalue weighted by Gasteiger charge is -2.32. The molecule has 1 aliphatic rings. The number of benzene rings is 3. The van der Waals surface area contributed by atoms with E-state index in [1.807, 2.05) is 61.5 Å². The number of hydrogen-bond donors (Lipinski definition) is 2. The molecule has 1 aromatic heterocycles. The van der Waals surface area contributed by atoms with Crippen molar-refractivity contribution < 1.29 is 38.2 Å². The minimum atomic E-state index is -1.24. The Hall–Kier alpha value is -6.75. The molecule has 4 aromatic rings. The second kappa shape index (κ2) is 23.9. The molecule has 2 N–H and O–H groups in total.